The molecule has 1 fully saturated rings. The Kier molecular flexibility index (Phi) is 6.74. The van der Waals surface area contributed by atoms with Gasteiger partial charge in [0.05, 0.1) is 31.9 Å². The standard InChI is InChI=1S/C13H24N2O5/c1-4-19-6-10(8(2)3)14-13(18)15-11-7-20-5-9(11)12(16)17/h8-11H,4-7H2,1-3H3,(H,16,17)(H2,14,15,18). The quantitative estimate of drug-likeness (QED) is 0.632. The molecule has 116 valence electrons. The second-order valence-electron chi connectivity index (χ2n) is 5.22. The van der Waals surface area contributed by atoms with Crippen LogP contribution in [0.5, 0.6) is 0 Å². The lowest BCUT2D eigenvalue weighted by Gasteiger charge is -2.24. The third-order valence-electron chi connectivity index (χ3n) is 3.34. The minimum Gasteiger partial charge on any atom is -0.481 e. The number of carbonyl (C=O) groups excluding carboxylic acids is 1. The van der Waals surface area contributed by atoms with Gasteiger partial charge in [-0.15, -0.1) is 0 Å². The third-order valence-corrected chi connectivity index (χ3v) is 3.34. The van der Waals surface area contributed by atoms with E-state index in [0.29, 0.717) is 13.2 Å². The van der Waals surface area contributed by atoms with Crippen molar-refractivity contribution in [2.75, 3.05) is 26.4 Å². The highest BCUT2D eigenvalue weighted by molar-refractivity contribution is 5.77. The molecule has 0 aromatic rings. The van der Waals surface area contributed by atoms with E-state index in [1.807, 2.05) is 20.8 Å². The second kappa shape index (κ2) is 8.06. The van der Waals surface area contributed by atoms with Crippen LogP contribution in [0.3, 0.4) is 0 Å². The number of amides is 2. The highest BCUT2D eigenvalue weighted by Gasteiger charge is 2.35. The fourth-order valence-corrected chi connectivity index (χ4v) is 1.96. The maximum atomic E-state index is 11.9. The average Bonchev–Trinajstić information content (AvgIpc) is 2.82. The minimum absolute atomic E-state index is 0.111. The number of hydrogen-bond acceptors (Lipinski definition) is 4. The predicted molar refractivity (Wildman–Crippen MR) is 72.5 cm³/mol. The summed E-state index contributed by atoms with van der Waals surface area (Å²) in [5.74, 6) is -1.42. The normalized spacial score (nSPS) is 23.6. The molecular weight excluding hydrogens is 264 g/mol. The summed E-state index contributed by atoms with van der Waals surface area (Å²) in [7, 11) is 0. The molecule has 3 atom stereocenters. The Balaban J connectivity index is 2.46. The number of hydrogen-bond donors (Lipinski definition) is 3. The maximum Gasteiger partial charge on any atom is 0.315 e. The number of carboxylic acid groups (broad SMARTS) is 1. The van der Waals surface area contributed by atoms with E-state index in [1.54, 1.807) is 0 Å². The first kappa shape index (κ1) is 16.7. The molecule has 3 unspecified atom stereocenters. The zero-order valence-corrected chi connectivity index (χ0v) is 12.2. The van der Waals surface area contributed by atoms with E-state index in [-0.39, 0.29) is 31.2 Å². The van der Waals surface area contributed by atoms with Crippen molar-refractivity contribution in [1.82, 2.24) is 10.6 Å². The maximum absolute atomic E-state index is 11.9. The lowest BCUT2D eigenvalue weighted by atomic mass is 10.0. The molecular formula is C13H24N2O5. The fourth-order valence-electron chi connectivity index (χ4n) is 1.96. The van der Waals surface area contributed by atoms with Crippen LogP contribution in [-0.4, -0.2) is 55.6 Å². The van der Waals surface area contributed by atoms with Gasteiger partial charge in [-0.3, -0.25) is 4.79 Å². The van der Waals surface area contributed by atoms with Gasteiger partial charge < -0.3 is 25.2 Å². The molecule has 7 heteroatoms. The average molecular weight is 288 g/mol. The number of rotatable bonds is 7. The second-order valence-corrected chi connectivity index (χ2v) is 5.22. The van der Waals surface area contributed by atoms with Crippen molar-refractivity contribution >= 4 is 12.0 Å². The zero-order valence-electron chi connectivity index (χ0n) is 12.2. The summed E-state index contributed by atoms with van der Waals surface area (Å²) in [5.41, 5.74) is 0. The number of carboxylic acids is 1. The van der Waals surface area contributed by atoms with Crippen molar-refractivity contribution in [3.8, 4) is 0 Å². The number of carbonyl (C=O) groups is 2. The zero-order chi connectivity index (χ0) is 15.1. The Hall–Kier alpha value is -1.34. The Morgan fingerprint density at radius 2 is 2.10 bits per heavy atom. The van der Waals surface area contributed by atoms with Crippen molar-refractivity contribution in [3.05, 3.63) is 0 Å². The van der Waals surface area contributed by atoms with E-state index in [1.165, 1.54) is 0 Å². The van der Waals surface area contributed by atoms with Gasteiger partial charge in [0.2, 0.25) is 0 Å². The van der Waals surface area contributed by atoms with Crippen molar-refractivity contribution < 1.29 is 24.2 Å². The predicted octanol–water partition coefficient (Wildman–Crippen LogP) is 0.446. The topological polar surface area (TPSA) is 96.9 Å². The van der Waals surface area contributed by atoms with Crippen LogP contribution < -0.4 is 10.6 Å². The van der Waals surface area contributed by atoms with E-state index >= 15 is 0 Å². The Labute approximate surface area is 119 Å². The van der Waals surface area contributed by atoms with E-state index in [0.717, 1.165) is 0 Å². The van der Waals surface area contributed by atoms with Crippen LogP contribution in [0.15, 0.2) is 0 Å². The van der Waals surface area contributed by atoms with Gasteiger partial charge in [-0.25, -0.2) is 4.79 Å². The highest BCUT2D eigenvalue weighted by atomic mass is 16.5. The molecule has 7 nitrogen and oxygen atoms in total. The van der Waals surface area contributed by atoms with Crippen LogP contribution in [0.25, 0.3) is 0 Å². The van der Waals surface area contributed by atoms with E-state index in [9.17, 15) is 9.59 Å². The molecule has 1 aliphatic heterocycles. The molecule has 1 saturated heterocycles. The van der Waals surface area contributed by atoms with Gasteiger partial charge in [0.15, 0.2) is 0 Å². The van der Waals surface area contributed by atoms with Crippen LogP contribution in [-0.2, 0) is 14.3 Å². The van der Waals surface area contributed by atoms with E-state index < -0.39 is 17.9 Å². The summed E-state index contributed by atoms with van der Waals surface area (Å²) >= 11 is 0. The van der Waals surface area contributed by atoms with Gasteiger partial charge in [0, 0.05) is 6.61 Å². The first-order chi connectivity index (χ1) is 9.45. The number of urea groups is 1. The van der Waals surface area contributed by atoms with Crippen LogP contribution in [0, 0.1) is 11.8 Å². The third kappa shape index (κ3) is 4.97. The largest absolute Gasteiger partial charge is 0.481 e. The van der Waals surface area contributed by atoms with Crippen molar-refractivity contribution in [1.29, 1.82) is 0 Å². The number of nitrogens with one attached hydrogen (secondary N) is 2. The minimum atomic E-state index is -0.956. The molecule has 0 bridgehead atoms. The molecule has 1 heterocycles. The summed E-state index contributed by atoms with van der Waals surface area (Å²) in [6.07, 6.45) is 0. The lowest BCUT2D eigenvalue weighted by molar-refractivity contribution is -0.142. The lowest BCUT2D eigenvalue weighted by Crippen LogP contribution is -2.52. The first-order valence-corrected chi connectivity index (χ1v) is 6.91. The molecule has 3 N–H and O–H groups in total. The van der Waals surface area contributed by atoms with Crippen molar-refractivity contribution in [2.45, 2.75) is 32.9 Å². The van der Waals surface area contributed by atoms with Crippen LogP contribution in [0.4, 0.5) is 4.79 Å². The molecule has 1 rings (SSSR count). The molecule has 0 aromatic carbocycles. The van der Waals surface area contributed by atoms with Gasteiger partial charge in [-0.2, -0.15) is 0 Å². The molecule has 2 amide bonds. The summed E-state index contributed by atoms with van der Waals surface area (Å²) in [4.78, 5) is 22.9. The molecule has 0 radical (unpaired) electrons. The molecule has 0 aromatic heterocycles. The Morgan fingerprint density at radius 3 is 2.65 bits per heavy atom. The van der Waals surface area contributed by atoms with Crippen LogP contribution in [0.1, 0.15) is 20.8 Å². The van der Waals surface area contributed by atoms with E-state index in [4.69, 9.17) is 14.6 Å². The van der Waals surface area contributed by atoms with Gasteiger partial charge >= 0.3 is 12.0 Å². The van der Waals surface area contributed by atoms with Crippen molar-refractivity contribution in [2.24, 2.45) is 11.8 Å². The number of ether oxygens (including phenoxy) is 2. The van der Waals surface area contributed by atoms with Gasteiger partial charge in [0.25, 0.3) is 0 Å². The summed E-state index contributed by atoms with van der Waals surface area (Å²) in [6.45, 7) is 7.25. The van der Waals surface area contributed by atoms with Gasteiger partial charge in [0.1, 0.15) is 5.92 Å². The SMILES string of the molecule is CCOCC(NC(=O)NC1COCC1C(=O)O)C(C)C. The van der Waals surface area contributed by atoms with Crippen molar-refractivity contribution in [3.63, 3.8) is 0 Å². The number of aliphatic carboxylic acids is 1. The van der Waals surface area contributed by atoms with Crippen LogP contribution in [0.2, 0.25) is 0 Å². The first-order valence-electron chi connectivity index (χ1n) is 6.91. The van der Waals surface area contributed by atoms with E-state index in [2.05, 4.69) is 10.6 Å². The van der Waals surface area contributed by atoms with Gasteiger partial charge in [-0.1, -0.05) is 13.8 Å². The molecule has 0 saturated carbocycles. The summed E-state index contributed by atoms with van der Waals surface area (Å²) in [6, 6.07) is -0.988. The Bertz CT molecular complexity index is 335. The highest BCUT2D eigenvalue weighted by Crippen LogP contribution is 2.13. The monoisotopic (exact) mass is 288 g/mol. The Morgan fingerprint density at radius 1 is 1.40 bits per heavy atom. The molecule has 0 aliphatic carbocycles. The molecule has 20 heavy (non-hydrogen) atoms. The molecule has 1 aliphatic rings. The summed E-state index contributed by atoms with van der Waals surface area (Å²) < 4.78 is 10.4. The fraction of sp³-hybridized carbons (Fsp3) is 0.846. The molecule has 0 spiro atoms. The smallest absolute Gasteiger partial charge is 0.315 e. The van der Waals surface area contributed by atoms with Gasteiger partial charge in [-0.05, 0) is 12.8 Å². The summed E-state index contributed by atoms with van der Waals surface area (Å²) in [5, 5.41) is 14.5. The van der Waals surface area contributed by atoms with Crippen LogP contribution >= 0.6 is 0 Å².